The first-order valence-corrected chi connectivity index (χ1v) is 7.23. The van der Waals surface area contributed by atoms with Crippen LogP contribution in [-0.2, 0) is 0 Å². The predicted octanol–water partition coefficient (Wildman–Crippen LogP) is 4.10. The Morgan fingerprint density at radius 3 is 2.55 bits per heavy atom. The summed E-state index contributed by atoms with van der Waals surface area (Å²) in [4.78, 5) is 11.5. The van der Waals surface area contributed by atoms with Crippen molar-refractivity contribution in [2.24, 2.45) is 0 Å². The summed E-state index contributed by atoms with van der Waals surface area (Å²) in [5.74, 6) is 0. The molecule has 1 heterocycles. The van der Waals surface area contributed by atoms with Crippen LogP contribution in [0.3, 0.4) is 0 Å². The number of nitrogens with one attached hydrogen (secondary N) is 1. The van der Waals surface area contributed by atoms with E-state index in [1.54, 1.807) is 36.4 Å². The Bertz CT molecular complexity index is 617. The Hall–Kier alpha value is -1.27. The third-order valence-corrected chi connectivity index (χ3v) is 4.23. The van der Waals surface area contributed by atoms with Gasteiger partial charge in [-0.15, -0.1) is 11.3 Å². The number of benzene rings is 1. The number of carbonyl (C=O) groups is 1. The van der Waals surface area contributed by atoms with Gasteiger partial charge in [-0.05, 0) is 29.8 Å². The molecule has 7 heteroatoms. The zero-order chi connectivity index (χ0) is 14.7. The molecule has 0 unspecified atom stereocenters. The van der Waals surface area contributed by atoms with Gasteiger partial charge in [-0.3, -0.25) is 0 Å². The topological polar surface area (TPSA) is 69.6 Å². The number of hydrogen-bond acceptors (Lipinski definition) is 3. The van der Waals surface area contributed by atoms with E-state index in [-0.39, 0.29) is 0 Å². The molecule has 0 aliphatic heterocycles. The summed E-state index contributed by atoms with van der Waals surface area (Å²) in [7, 11) is 0. The quantitative estimate of drug-likeness (QED) is 0.789. The molecule has 1 aromatic carbocycles. The summed E-state index contributed by atoms with van der Waals surface area (Å²) in [6.07, 6.45) is -2.28. The number of rotatable bonds is 4. The maximum absolute atomic E-state index is 10.9. The first-order valence-electron chi connectivity index (χ1n) is 5.65. The van der Waals surface area contributed by atoms with E-state index in [4.69, 9.17) is 28.3 Å². The average molecular weight is 332 g/mol. The highest BCUT2D eigenvalue weighted by Gasteiger charge is 2.26. The third kappa shape index (κ3) is 3.64. The molecule has 0 aliphatic carbocycles. The molecule has 2 atom stereocenters. The predicted molar refractivity (Wildman–Crippen MR) is 79.6 cm³/mol. The second-order valence-electron chi connectivity index (χ2n) is 4.07. The van der Waals surface area contributed by atoms with Crippen molar-refractivity contribution in [3.63, 3.8) is 0 Å². The first-order chi connectivity index (χ1) is 9.47. The molecular weight excluding hydrogens is 321 g/mol. The summed E-state index contributed by atoms with van der Waals surface area (Å²) >= 11 is 13.0. The highest BCUT2D eigenvalue weighted by atomic mass is 35.5. The van der Waals surface area contributed by atoms with Crippen molar-refractivity contribution in [3.8, 4) is 0 Å². The van der Waals surface area contributed by atoms with Gasteiger partial charge in [0.1, 0.15) is 6.10 Å². The van der Waals surface area contributed by atoms with E-state index in [1.807, 2.05) is 0 Å². The van der Waals surface area contributed by atoms with E-state index in [0.717, 1.165) is 0 Å². The van der Waals surface area contributed by atoms with Crippen LogP contribution >= 0.6 is 34.5 Å². The number of thiophene rings is 1. The van der Waals surface area contributed by atoms with Crippen molar-refractivity contribution >= 4 is 40.6 Å². The fourth-order valence-electron chi connectivity index (χ4n) is 1.82. The molecule has 0 saturated carbocycles. The molecule has 2 aromatic rings. The number of carboxylic acid groups (broad SMARTS) is 1. The second kappa shape index (κ2) is 6.45. The summed E-state index contributed by atoms with van der Waals surface area (Å²) < 4.78 is 0.524. The van der Waals surface area contributed by atoms with E-state index in [0.29, 0.717) is 19.8 Å². The van der Waals surface area contributed by atoms with Crippen LogP contribution in [0.15, 0.2) is 36.4 Å². The van der Waals surface area contributed by atoms with Gasteiger partial charge in [0, 0.05) is 9.90 Å². The van der Waals surface area contributed by atoms with E-state index in [9.17, 15) is 9.90 Å². The van der Waals surface area contributed by atoms with E-state index >= 15 is 0 Å². The van der Waals surface area contributed by atoms with Gasteiger partial charge in [-0.2, -0.15) is 0 Å². The third-order valence-electron chi connectivity index (χ3n) is 2.69. The van der Waals surface area contributed by atoms with Crippen LogP contribution in [0.2, 0.25) is 9.36 Å². The van der Waals surface area contributed by atoms with Crippen molar-refractivity contribution in [2.45, 2.75) is 12.1 Å². The van der Waals surface area contributed by atoms with Crippen molar-refractivity contribution in [2.75, 3.05) is 0 Å². The van der Waals surface area contributed by atoms with E-state index < -0.39 is 18.2 Å². The summed E-state index contributed by atoms with van der Waals surface area (Å²) in [6.45, 7) is 0. The monoisotopic (exact) mass is 331 g/mol. The Balaban J connectivity index is 2.33. The molecule has 20 heavy (non-hydrogen) atoms. The highest BCUT2D eigenvalue weighted by Crippen LogP contribution is 2.35. The molecule has 106 valence electrons. The Morgan fingerprint density at radius 2 is 2.00 bits per heavy atom. The molecule has 0 saturated heterocycles. The lowest BCUT2D eigenvalue weighted by molar-refractivity contribution is 0.122. The van der Waals surface area contributed by atoms with Crippen LogP contribution in [0.5, 0.6) is 0 Å². The minimum Gasteiger partial charge on any atom is -0.465 e. The SMILES string of the molecule is O=C(O)N[C@H](c1ccc(Cl)s1)[C@@H](O)c1cccc(Cl)c1. The first kappa shape index (κ1) is 15.1. The molecular formula is C13H11Cl2NO3S. The molecule has 0 bridgehead atoms. The van der Waals surface area contributed by atoms with Gasteiger partial charge in [0.15, 0.2) is 0 Å². The Labute approximate surface area is 129 Å². The molecule has 3 N–H and O–H groups in total. The number of aliphatic hydroxyl groups excluding tert-OH is 1. The van der Waals surface area contributed by atoms with Crippen molar-refractivity contribution < 1.29 is 15.0 Å². The number of amides is 1. The number of halogens is 2. The van der Waals surface area contributed by atoms with Crippen molar-refractivity contribution in [3.05, 3.63) is 56.2 Å². The van der Waals surface area contributed by atoms with Crippen LogP contribution in [0.4, 0.5) is 4.79 Å². The maximum atomic E-state index is 10.9. The lowest BCUT2D eigenvalue weighted by atomic mass is 10.0. The van der Waals surface area contributed by atoms with E-state index in [1.165, 1.54) is 11.3 Å². The second-order valence-corrected chi connectivity index (χ2v) is 6.25. The minimum absolute atomic E-state index is 0.472. The fourth-order valence-corrected chi connectivity index (χ4v) is 3.16. The molecule has 1 aromatic heterocycles. The van der Waals surface area contributed by atoms with Crippen LogP contribution in [0, 0.1) is 0 Å². The lowest BCUT2D eigenvalue weighted by Crippen LogP contribution is -2.30. The van der Waals surface area contributed by atoms with E-state index in [2.05, 4.69) is 5.32 Å². The van der Waals surface area contributed by atoms with Gasteiger partial charge in [-0.1, -0.05) is 35.3 Å². The van der Waals surface area contributed by atoms with Gasteiger partial charge in [-0.25, -0.2) is 4.79 Å². The molecule has 2 rings (SSSR count). The molecule has 0 aliphatic rings. The van der Waals surface area contributed by atoms with Gasteiger partial charge < -0.3 is 15.5 Å². The van der Waals surface area contributed by atoms with Crippen LogP contribution in [0.25, 0.3) is 0 Å². The molecule has 0 radical (unpaired) electrons. The number of aliphatic hydroxyl groups is 1. The largest absolute Gasteiger partial charge is 0.465 e. The Morgan fingerprint density at radius 1 is 1.25 bits per heavy atom. The standard InChI is InChI=1S/C13H11Cl2NO3S/c14-8-3-1-2-7(6-8)12(17)11(16-13(18)19)9-4-5-10(15)20-9/h1-6,11-12,16-17H,(H,18,19)/t11-,12+/m1/s1. The van der Waals surface area contributed by atoms with Crippen LogP contribution in [-0.4, -0.2) is 16.3 Å². The summed E-state index contributed by atoms with van der Waals surface area (Å²) in [5.41, 5.74) is 0.528. The summed E-state index contributed by atoms with van der Waals surface area (Å²) in [5, 5.41) is 22.1. The van der Waals surface area contributed by atoms with Gasteiger partial charge in [0.05, 0.1) is 10.4 Å². The smallest absolute Gasteiger partial charge is 0.405 e. The zero-order valence-electron chi connectivity index (χ0n) is 10.1. The number of hydrogen-bond donors (Lipinski definition) is 3. The summed E-state index contributed by atoms with van der Waals surface area (Å²) in [6, 6.07) is 9.19. The van der Waals surface area contributed by atoms with Crippen LogP contribution < -0.4 is 5.32 Å². The van der Waals surface area contributed by atoms with Gasteiger partial charge in [0.25, 0.3) is 0 Å². The molecule has 1 amide bonds. The zero-order valence-corrected chi connectivity index (χ0v) is 12.4. The normalized spacial score (nSPS) is 13.8. The highest BCUT2D eigenvalue weighted by molar-refractivity contribution is 7.16. The lowest BCUT2D eigenvalue weighted by Gasteiger charge is -2.22. The maximum Gasteiger partial charge on any atom is 0.405 e. The molecule has 0 spiro atoms. The average Bonchev–Trinajstić information content (AvgIpc) is 2.81. The minimum atomic E-state index is -1.22. The van der Waals surface area contributed by atoms with Gasteiger partial charge >= 0.3 is 6.09 Å². The molecule has 0 fully saturated rings. The van der Waals surface area contributed by atoms with Gasteiger partial charge in [0.2, 0.25) is 0 Å². The fraction of sp³-hybridized carbons (Fsp3) is 0.154. The van der Waals surface area contributed by atoms with Crippen molar-refractivity contribution in [1.82, 2.24) is 5.32 Å². The van der Waals surface area contributed by atoms with Crippen molar-refractivity contribution in [1.29, 1.82) is 0 Å². The van der Waals surface area contributed by atoms with Crippen LogP contribution in [0.1, 0.15) is 22.6 Å². The molecule has 4 nitrogen and oxygen atoms in total. The Kier molecular flexibility index (Phi) is 4.88.